The molecule has 1 aliphatic heterocycles. The Morgan fingerprint density at radius 1 is 1.30 bits per heavy atom. The first kappa shape index (κ1) is 19.3. The lowest BCUT2D eigenvalue weighted by Crippen LogP contribution is -2.41. The van der Waals surface area contributed by atoms with E-state index in [0.717, 1.165) is 18.4 Å². The van der Waals surface area contributed by atoms with E-state index in [9.17, 15) is 4.79 Å². The fourth-order valence-corrected chi connectivity index (χ4v) is 3.47. The molecule has 0 spiro atoms. The topological polar surface area (TPSA) is 81.0 Å². The highest BCUT2D eigenvalue weighted by Gasteiger charge is 2.30. The first-order valence-corrected chi connectivity index (χ1v) is 9.44. The van der Waals surface area contributed by atoms with Crippen LogP contribution in [0.15, 0.2) is 36.5 Å². The summed E-state index contributed by atoms with van der Waals surface area (Å²) in [5.74, 6) is 0.518. The van der Waals surface area contributed by atoms with Crippen LogP contribution < -0.4 is 10.6 Å². The second-order valence-electron chi connectivity index (χ2n) is 6.20. The number of benzene rings is 1. The zero-order valence-electron chi connectivity index (χ0n) is 14.6. The van der Waals surface area contributed by atoms with Crippen LogP contribution in [0.1, 0.15) is 30.0 Å². The summed E-state index contributed by atoms with van der Waals surface area (Å²) < 4.78 is 0. The number of hydrogen-bond acceptors (Lipinski definition) is 4. The molecule has 27 heavy (non-hydrogen) atoms. The van der Waals surface area contributed by atoms with Crippen LogP contribution in [-0.4, -0.2) is 35.5 Å². The Balaban J connectivity index is 1.54. The summed E-state index contributed by atoms with van der Waals surface area (Å²) in [7, 11) is 0. The minimum absolute atomic E-state index is 0.00583. The number of halogens is 2. The molecule has 8 heteroatoms. The van der Waals surface area contributed by atoms with Gasteiger partial charge in [-0.2, -0.15) is 5.26 Å². The number of carbonyl (C=O) groups is 1. The molecule has 2 amide bonds. The van der Waals surface area contributed by atoms with E-state index in [0.29, 0.717) is 41.1 Å². The van der Waals surface area contributed by atoms with E-state index in [4.69, 9.17) is 28.5 Å². The molecule has 2 aromatic rings. The number of rotatable bonds is 5. The number of hydrogen-bond donors (Lipinski definition) is 2. The number of nitrogens with one attached hydrogen (secondary N) is 2. The number of aromatic nitrogens is 1. The van der Waals surface area contributed by atoms with Gasteiger partial charge in [0.1, 0.15) is 11.9 Å². The van der Waals surface area contributed by atoms with Crippen LogP contribution in [0.3, 0.4) is 0 Å². The largest absolute Gasteiger partial charge is 0.367 e. The van der Waals surface area contributed by atoms with E-state index in [1.165, 1.54) is 0 Å². The molecule has 1 saturated heterocycles. The third kappa shape index (κ3) is 4.62. The van der Waals surface area contributed by atoms with E-state index < -0.39 is 0 Å². The number of anilines is 1. The first-order valence-electron chi connectivity index (χ1n) is 8.68. The van der Waals surface area contributed by atoms with Crippen molar-refractivity contribution in [2.45, 2.75) is 18.9 Å². The number of likely N-dealkylation sites (tertiary alicyclic amines) is 1. The van der Waals surface area contributed by atoms with Gasteiger partial charge >= 0.3 is 6.03 Å². The second-order valence-corrected chi connectivity index (χ2v) is 7.01. The number of nitrogens with zero attached hydrogens (tertiary/aromatic N) is 3. The minimum atomic E-state index is -0.119. The van der Waals surface area contributed by atoms with Gasteiger partial charge in [0.2, 0.25) is 0 Å². The summed E-state index contributed by atoms with van der Waals surface area (Å²) in [6.45, 7) is 1.59. The van der Waals surface area contributed by atoms with E-state index in [1.54, 1.807) is 24.4 Å². The predicted molar refractivity (Wildman–Crippen MR) is 106 cm³/mol. The second kappa shape index (κ2) is 8.94. The summed E-state index contributed by atoms with van der Waals surface area (Å²) in [4.78, 5) is 18.5. The third-order valence-corrected chi connectivity index (χ3v) is 5.20. The van der Waals surface area contributed by atoms with Crippen molar-refractivity contribution in [3.8, 4) is 6.07 Å². The molecule has 1 atom stereocenters. The van der Waals surface area contributed by atoms with Crippen LogP contribution in [0.25, 0.3) is 0 Å². The van der Waals surface area contributed by atoms with E-state index in [-0.39, 0.29) is 12.1 Å². The summed E-state index contributed by atoms with van der Waals surface area (Å²) in [6.07, 6.45) is 3.45. The van der Waals surface area contributed by atoms with Crippen molar-refractivity contribution in [2.75, 3.05) is 25.0 Å². The van der Waals surface area contributed by atoms with Gasteiger partial charge in [0.15, 0.2) is 0 Å². The van der Waals surface area contributed by atoms with Crippen molar-refractivity contribution >= 4 is 35.1 Å². The average Bonchev–Trinajstić information content (AvgIpc) is 3.17. The molecular formula is C19H19Cl2N5O. The van der Waals surface area contributed by atoms with Crippen molar-refractivity contribution in [1.82, 2.24) is 15.2 Å². The van der Waals surface area contributed by atoms with Crippen LogP contribution in [-0.2, 0) is 0 Å². The number of urea groups is 1. The molecule has 6 nitrogen and oxygen atoms in total. The van der Waals surface area contributed by atoms with Gasteiger partial charge in [-0.15, -0.1) is 0 Å². The summed E-state index contributed by atoms with van der Waals surface area (Å²) in [6, 6.07) is 10.9. The van der Waals surface area contributed by atoms with E-state index in [1.807, 2.05) is 17.0 Å². The van der Waals surface area contributed by atoms with Crippen molar-refractivity contribution in [3.05, 3.63) is 57.7 Å². The van der Waals surface area contributed by atoms with E-state index in [2.05, 4.69) is 21.7 Å². The standard InChI is InChI=1S/C19H19Cl2N5O/c20-15-6-5-13(11-16(15)21)17-4-2-10-26(17)19(27)25-9-8-24-18-14(12-22)3-1-7-23-18/h1,3,5-7,11,17H,2,4,8-10H2,(H,23,24)(H,25,27)/t17-/m1/s1. The predicted octanol–water partition coefficient (Wildman–Crippen LogP) is 4.22. The summed E-state index contributed by atoms with van der Waals surface area (Å²) >= 11 is 12.1. The van der Waals surface area contributed by atoms with Gasteiger partial charge in [0.25, 0.3) is 0 Å². The Hall–Kier alpha value is -2.49. The quantitative estimate of drug-likeness (QED) is 0.732. The maximum Gasteiger partial charge on any atom is 0.317 e. The van der Waals surface area contributed by atoms with Crippen LogP contribution >= 0.6 is 23.2 Å². The fourth-order valence-electron chi connectivity index (χ4n) is 3.16. The Morgan fingerprint density at radius 2 is 2.15 bits per heavy atom. The molecule has 0 unspecified atom stereocenters. The molecule has 0 aliphatic carbocycles. The number of amides is 2. The molecule has 1 aromatic heterocycles. The van der Waals surface area contributed by atoms with E-state index >= 15 is 0 Å². The number of nitriles is 1. The van der Waals surface area contributed by atoms with Gasteiger partial charge in [-0.3, -0.25) is 0 Å². The normalized spacial score (nSPS) is 16.0. The fraction of sp³-hybridized carbons (Fsp3) is 0.316. The zero-order chi connectivity index (χ0) is 19.2. The van der Waals surface area contributed by atoms with Crippen molar-refractivity contribution in [2.24, 2.45) is 0 Å². The number of carbonyl (C=O) groups excluding carboxylic acids is 1. The van der Waals surface area contributed by atoms with Crippen LogP contribution in [0.5, 0.6) is 0 Å². The maximum atomic E-state index is 12.6. The molecule has 1 aromatic carbocycles. The molecule has 140 valence electrons. The number of pyridine rings is 1. The lowest BCUT2D eigenvalue weighted by atomic mass is 10.0. The van der Waals surface area contributed by atoms with Crippen LogP contribution in [0.4, 0.5) is 10.6 Å². The van der Waals surface area contributed by atoms with Crippen molar-refractivity contribution < 1.29 is 4.79 Å². The Kier molecular flexibility index (Phi) is 6.38. The molecule has 2 N–H and O–H groups in total. The van der Waals surface area contributed by atoms with Crippen LogP contribution in [0.2, 0.25) is 10.0 Å². The zero-order valence-corrected chi connectivity index (χ0v) is 16.1. The van der Waals surface area contributed by atoms with Gasteiger partial charge in [-0.25, -0.2) is 9.78 Å². The Morgan fingerprint density at radius 3 is 2.93 bits per heavy atom. The van der Waals surface area contributed by atoms with Crippen LogP contribution in [0, 0.1) is 11.3 Å². The van der Waals surface area contributed by atoms with Gasteiger partial charge in [0.05, 0.1) is 21.7 Å². The van der Waals surface area contributed by atoms with Gasteiger partial charge in [0, 0.05) is 25.8 Å². The first-order chi connectivity index (χ1) is 13.1. The molecule has 1 aliphatic rings. The molecule has 0 saturated carbocycles. The smallest absolute Gasteiger partial charge is 0.317 e. The molecule has 0 bridgehead atoms. The Labute approximate surface area is 168 Å². The summed E-state index contributed by atoms with van der Waals surface area (Å²) in [5, 5.41) is 16.0. The monoisotopic (exact) mass is 403 g/mol. The lowest BCUT2D eigenvalue weighted by molar-refractivity contribution is 0.193. The van der Waals surface area contributed by atoms with Crippen molar-refractivity contribution in [3.63, 3.8) is 0 Å². The third-order valence-electron chi connectivity index (χ3n) is 4.46. The Bertz CT molecular complexity index is 867. The molecule has 3 rings (SSSR count). The lowest BCUT2D eigenvalue weighted by Gasteiger charge is -2.25. The van der Waals surface area contributed by atoms with Gasteiger partial charge in [-0.1, -0.05) is 29.3 Å². The molecule has 0 radical (unpaired) electrons. The SMILES string of the molecule is N#Cc1cccnc1NCCNC(=O)N1CCC[C@@H]1c1ccc(Cl)c(Cl)c1. The van der Waals surface area contributed by atoms with Gasteiger partial charge in [-0.05, 0) is 42.7 Å². The highest BCUT2D eigenvalue weighted by molar-refractivity contribution is 6.42. The molecule has 1 fully saturated rings. The minimum Gasteiger partial charge on any atom is -0.367 e. The maximum absolute atomic E-state index is 12.6. The molecule has 2 heterocycles. The highest BCUT2D eigenvalue weighted by atomic mass is 35.5. The summed E-state index contributed by atoms with van der Waals surface area (Å²) in [5.41, 5.74) is 1.46. The molecular weight excluding hydrogens is 385 g/mol. The highest BCUT2D eigenvalue weighted by Crippen LogP contribution is 2.34. The van der Waals surface area contributed by atoms with Gasteiger partial charge < -0.3 is 15.5 Å². The average molecular weight is 404 g/mol. The van der Waals surface area contributed by atoms with Crippen molar-refractivity contribution in [1.29, 1.82) is 5.26 Å².